The van der Waals surface area contributed by atoms with E-state index >= 15 is 0 Å². The summed E-state index contributed by atoms with van der Waals surface area (Å²) >= 11 is 0. The molecule has 1 saturated heterocycles. The predicted molar refractivity (Wildman–Crippen MR) is 101 cm³/mol. The number of carbonyl (C=O) groups is 3. The van der Waals surface area contributed by atoms with E-state index in [1.54, 1.807) is 24.3 Å². The van der Waals surface area contributed by atoms with Gasteiger partial charge in [0.05, 0.1) is 18.9 Å². The highest BCUT2D eigenvalue weighted by atomic mass is 32.2. The average Bonchev–Trinajstić information content (AvgIpc) is 2.69. The van der Waals surface area contributed by atoms with Crippen LogP contribution in [0.2, 0.25) is 0 Å². The van der Waals surface area contributed by atoms with Crippen LogP contribution in [0.15, 0.2) is 30.3 Å². The Kier molecular flexibility index (Phi) is 7.30. The largest absolute Gasteiger partial charge is 0.465 e. The van der Waals surface area contributed by atoms with Crippen molar-refractivity contribution in [3.63, 3.8) is 0 Å². The molecule has 0 spiro atoms. The van der Waals surface area contributed by atoms with Crippen LogP contribution in [0.1, 0.15) is 15.9 Å². The molecule has 0 atom stereocenters. The van der Waals surface area contributed by atoms with E-state index in [0.29, 0.717) is 11.1 Å². The quantitative estimate of drug-likeness (QED) is 0.484. The molecule has 1 aliphatic heterocycles. The van der Waals surface area contributed by atoms with Crippen molar-refractivity contribution in [3.8, 4) is 0 Å². The van der Waals surface area contributed by atoms with Crippen molar-refractivity contribution >= 4 is 33.9 Å². The summed E-state index contributed by atoms with van der Waals surface area (Å²) in [6.45, 7) is 0.543. The second-order valence-corrected chi connectivity index (χ2v) is 8.08. The molecule has 1 fully saturated rings. The van der Waals surface area contributed by atoms with E-state index in [1.165, 1.54) is 28.5 Å². The van der Waals surface area contributed by atoms with Gasteiger partial charge in [0.25, 0.3) is 5.91 Å². The van der Waals surface area contributed by atoms with Gasteiger partial charge in [-0.05, 0) is 23.8 Å². The predicted octanol–water partition coefficient (Wildman–Crippen LogP) is 0.133. The van der Waals surface area contributed by atoms with E-state index in [1.807, 2.05) is 0 Å². The first-order valence-electron chi connectivity index (χ1n) is 8.47. The zero-order valence-electron chi connectivity index (χ0n) is 15.7. The molecule has 1 heterocycles. The molecule has 10 heteroatoms. The number of piperazine rings is 1. The Labute approximate surface area is 163 Å². The van der Waals surface area contributed by atoms with E-state index in [9.17, 15) is 22.8 Å². The van der Waals surface area contributed by atoms with Crippen LogP contribution in [0.4, 0.5) is 0 Å². The Morgan fingerprint density at radius 1 is 1.07 bits per heavy atom. The Bertz CT molecular complexity index is 854. The van der Waals surface area contributed by atoms with Crippen LogP contribution in [0.3, 0.4) is 0 Å². The smallest absolute Gasteiger partial charge is 0.337 e. The molecule has 0 radical (unpaired) electrons. The zero-order chi connectivity index (χ0) is 20.7. The number of carbonyl (C=O) groups excluding carboxylic acids is 3. The van der Waals surface area contributed by atoms with E-state index in [0.717, 1.165) is 6.26 Å². The van der Waals surface area contributed by atoms with Gasteiger partial charge in [-0.2, -0.15) is 4.31 Å². The number of benzene rings is 1. The van der Waals surface area contributed by atoms with Crippen LogP contribution in [0.25, 0.3) is 6.08 Å². The normalized spacial score (nSPS) is 15.4. The summed E-state index contributed by atoms with van der Waals surface area (Å²) in [5.41, 5.74) is 1.07. The number of ether oxygens (including phenoxy) is 2. The highest BCUT2D eigenvalue weighted by Crippen LogP contribution is 2.08. The van der Waals surface area contributed by atoms with Crippen LogP contribution < -0.4 is 0 Å². The van der Waals surface area contributed by atoms with Gasteiger partial charge in [0.2, 0.25) is 10.0 Å². The van der Waals surface area contributed by atoms with Crippen LogP contribution in [-0.2, 0) is 29.1 Å². The maximum atomic E-state index is 12.1. The van der Waals surface area contributed by atoms with Gasteiger partial charge in [-0.1, -0.05) is 12.1 Å². The summed E-state index contributed by atoms with van der Waals surface area (Å²) in [6.07, 6.45) is 3.81. The van der Waals surface area contributed by atoms with Gasteiger partial charge < -0.3 is 14.4 Å². The summed E-state index contributed by atoms with van der Waals surface area (Å²) in [5.74, 6) is -1.51. The van der Waals surface area contributed by atoms with Gasteiger partial charge in [-0.15, -0.1) is 0 Å². The van der Waals surface area contributed by atoms with Gasteiger partial charge in [-0.25, -0.2) is 18.0 Å². The average molecular weight is 410 g/mol. The molecular weight excluding hydrogens is 388 g/mol. The Morgan fingerprint density at radius 2 is 1.68 bits per heavy atom. The van der Waals surface area contributed by atoms with Crippen LogP contribution in [0.5, 0.6) is 0 Å². The zero-order valence-corrected chi connectivity index (χ0v) is 16.5. The fraction of sp³-hybridized carbons (Fsp3) is 0.389. The summed E-state index contributed by atoms with van der Waals surface area (Å²) < 4.78 is 33.7. The van der Waals surface area contributed by atoms with Gasteiger partial charge in [0.1, 0.15) is 0 Å². The fourth-order valence-electron chi connectivity index (χ4n) is 2.55. The molecule has 1 aromatic rings. The fourth-order valence-corrected chi connectivity index (χ4v) is 3.38. The third kappa shape index (κ3) is 6.17. The first-order valence-corrected chi connectivity index (χ1v) is 10.3. The third-order valence-corrected chi connectivity index (χ3v) is 5.45. The van der Waals surface area contributed by atoms with E-state index in [-0.39, 0.29) is 32.1 Å². The molecule has 1 amide bonds. The molecule has 0 N–H and O–H groups in total. The number of sulfonamides is 1. The number of methoxy groups -OCH3 is 1. The monoisotopic (exact) mass is 410 g/mol. The van der Waals surface area contributed by atoms with E-state index in [2.05, 4.69) is 4.74 Å². The van der Waals surface area contributed by atoms with Gasteiger partial charge in [0.15, 0.2) is 6.61 Å². The van der Waals surface area contributed by atoms with Crippen LogP contribution >= 0.6 is 0 Å². The Morgan fingerprint density at radius 3 is 2.21 bits per heavy atom. The van der Waals surface area contributed by atoms with Gasteiger partial charge in [-0.3, -0.25) is 4.79 Å². The SMILES string of the molecule is COC(=O)c1ccc(C=CC(=O)OCC(=O)N2CCN(S(C)(=O)=O)CC2)cc1. The molecule has 0 unspecified atom stereocenters. The number of hydrogen-bond acceptors (Lipinski definition) is 7. The summed E-state index contributed by atoms with van der Waals surface area (Å²) in [7, 11) is -1.98. The van der Waals surface area contributed by atoms with Crippen molar-refractivity contribution < 1.29 is 32.3 Å². The van der Waals surface area contributed by atoms with Gasteiger partial charge >= 0.3 is 11.9 Å². The van der Waals surface area contributed by atoms with Crippen molar-refractivity contribution in [3.05, 3.63) is 41.5 Å². The Hall–Kier alpha value is -2.72. The maximum absolute atomic E-state index is 12.1. The van der Waals surface area contributed by atoms with Gasteiger partial charge in [0, 0.05) is 32.3 Å². The molecule has 152 valence electrons. The van der Waals surface area contributed by atoms with Crippen molar-refractivity contribution in [1.29, 1.82) is 0 Å². The molecular formula is C18H22N2O7S. The lowest BCUT2D eigenvalue weighted by molar-refractivity contribution is -0.148. The maximum Gasteiger partial charge on any atom is 0.337 e. The number of nitrogens with zero attached hydrogens (tertiary/aromatic N) is 2. The second kappa shape index (κ2) is 9.47. The topological polar surface area (TPSA) is 110 Å². The molecule has 0 aromatic heterocycles. The van der Waals surface area contributed by atoms with Crippen LogP contribution in [-0.4, -0.2) is 81.6 Å². The summed E-state index contributed by atoms with van der Waals surface area (Å²) in [4.78, 5) is 36.7. The molecule has 0 saturated carbocycles. The third-order valence-electron chi connectivity index (χ3n) is 4.14. The van der Waals surface area contributed by atoms with Crippen molar-refractivity contribution in [2.75, 3.05) is 46.2 Å². The highest BCUT2D eigenvalue weighted by molar-refractivity contribution is 7.88. The lowest BCUT2D eigenvalue weighted by Crippen LogP contribution is -2.51. The second-order valence-electron chi connectivity index (χ2n) is 6.10. The lowest BCUT2D eigenvalue weighted by Gasteiger charge is -2.33. The molecule has 28 heavy (non-hydrogen) atoms. The van der Waals surface area contributed by atoms with Crippen molar-refractivity contribution in [2.45, 2.75) is 0 Å². The molecule has 9 nitrogen and oxygen atoms in total. The number of hydrogen-bond donors (Lipinski definition) is 0. The summed E-state index contributed by atoms with van der Waals surface area (Å²) in [6, 6.07) is 6.41. The molecule has 1 aromatic carbocycles. The van der Waals surface area contributed by atoms with Crippen molar-refractivity contribution in [2.24, 2.45) is 0 Å². The van der Waals surface area contributed by atoms with Crippen molar-refractivity contribution in [1.82, 2.24) is 9.21 Å². The standard InChI is InChI=1S/C18H22N2O7S/c1-26-18(23)15-6-3-14(4-7-15)5-8-17(22)27-13-16(21)19-9-11-20(12-10-19)28(2,24)25/h3-8H,9-13H2,1-2H3. The van der Waals surface area contributed by atoms with Crippen LogP contribution in [0, 0.1) is 0 Å². The molecule has 1 aliphatic rings. The minimum atomic E-state index is -3.27. The van der Waals surface area contributed by atoms with E-state index < -0.39 is 28.6 Å². The van der Waals surface area contributed by atoms with E-state index in [4.69, 9.17) is 4.74 Å². The minimum absolute atomic E-state index is 0.222. The molecule has 2 rings (SSSR count). The molecule has 0 bridgehead atoms. The number of amides is 1. The highest BCUT2D eigenvalue weighted by Gasteiger charge is 2.26. The lowest BCUT2D eigenvalue weighted by atomic mass is 10.1. The number of esters is 2. The summed E-state index contributed by atoms with van der Waals surface area (Å²) in [5, 5.41) is 0. The minimum Gasteiger partial charge on any atom is -0.465 e. The first kappa shape index (κ1) is 21.6. The number of rotatable bonds is 6. The Balaban J connectivity index is 1.78. The first-order chi connectivity index (χ1) is 13.2. The molecule has 0 aliphatic carbocycles.